The molecule has 0 unspecified atom stereocenters. The van der Waals surface area contributed by atoms with Crippen LogP contribution in [0, 0.1) is 0 Å². The third-order valence-corrected chi connectivity index (χ3v) is 4.15. The molecule has 0 saturated carbocycles. The molecule has 0 aromatic heterocycles. The van der Waals surface area contributed by atoms with Crippen molar-refractivity contribution in [3.05, 3.63) is 58.6 Å². The quantitative estimate of drug-likeness (QED) is 0.937. The normalized spacial score (nSPS) is 11.2. The van der Waals surface area contributed by atoms with Crippen molar-refractivity contribution in [3.8, 4) is 0 Å². The maximum atomic E-state index is 12.1. The van der Waals surface area contributed by atoms with Crippen molar-refractivity contribution in [1.82, 2.24) is 0 Å². The predicted molar refractivity (Wildman–Crippen MR) is 73.7 cm³/mol. The molecule has 0 amide bonds. The first-order chi connectivity index (χ1) is 8.49. The van der Waals surface area contributed by atoms with E-state index in [2.05, 4.69) is 4.72 Å². The molecule has 2 aromatic carbocycles. The molecule has 1 N–H and O–H groups in total. The Morgan fingerprint density at radius 2 is 1.67 bits per heavy atom. The first kappa shape index (κ1) is 13.2. The van der Waals surface area contributed by atoms with E-state index in [1.54, 1.807) is 36.4 Å². The van der Waals surface area contributed by atoms with Gasteiger partial charge >= 0.3 is 0 Å². The van der Waals surface area contributed by atoms with Gasteiger partial charge in [-0.25, -0.2) is 8.42 Å². The number of rotatable bonds is 3. The summed E-state index contributed by atoms with van der Waals surface area (Å²) in [6.07, 6.45) is 0. The summed E-state index contributed by atoms with van der Waals surface area (Å²) in [6, 6.07) is 12.6. The van der Waals surface area contributed by atoms with Crippen LogP contribution in [0.4, 0.5) is 5.69 Å². The first-order valence-corrected chi connectivity index (χ1v) is 7.26. The van der Waals surface area contributed by atoms with Gasteiger partial charge in [-0.1, -0.05) is 41.4 Å². The molecular weight excluding hydrogens is 293 g/mol. The minimum Gasteiger partial charge on any atom is -0.278 e. The number of para-hydroxylation sites is 1. The number of anilines is 1. The van der Waals surface area contributed by atoms with E-state index >= 15 is 0 Å². The van der Waals surface area contributed by atoms with Crippen molar-refractivity contribution in [2.45, 2.75) is 4.90 Å². The van der Waals surface area contributed by atoms with Crippen LogP contribution in [0.25, 0.3) is 0 Å². The van der Waals surface area contributed by atoms with Gasteiger partial charge in [-0.2, -0.15) is 0 Å². The molecule has 94 valence electrons. The average Bonchev–Trinajstić information content (AvgIpc) is 2.32. The second-order valence-electron chi connectivity index (χ2n) is 3.54. The predicted octanol–water partition coefficient (Wildman–Crippen LogP) is 3.79. The van der Waals surface area contributed by atoms with Gasteiger partial charge < -0.3 is 0 Å². The van der Waals surface area contributed by atoms with Gasteiger partial charge in [0.1, 0.15) is 0 Å². The van der Waals surface area contributed by atoms with Crippen LogP contribution in [-0.4, -0.2) is 8.42 Å². The zero-order valence-electron chi connectivity index (χ0n) is 9.10. The van der Waals surface area contributed by atoms with Crippen LogP contribution in [0.3, 0.4) is 0 Å². The minimum atomic E-state index is -3.68. The summed E-state index contributed by atoms with van der Waals surface area (Å²) in [7, 11) is -3.68. The van der Waals surface area contributed by atoms with E-state index in [9.17, 15) is 8.42 Å². The molecule has 0 spiro atoms. The van der Waals surface area contributed by atoms with Gasteiger partial charge in [0.25, 0.3) is 10.0 Å². The lowest BCUT2D eigenvalue weighted by molar-refractivity contribution is 0.601. The number of hydrogen-bond acceptors (Lipinski definition) is 2. The Hall–Kier alpha value is -1.23. The van der Waals surface area contributed by atoms with Crippen LogP contribution < -0.4 is 4.72 Å². The second kappa shape index (κ2) is 5.18. The molecule has 0 fully saturated rings. The van der Waals surface area contributed by atoms with Crippen molar-refractivity contribution in [3.63, 3.8) is 0 Å². The molecule has 0 aliphatic rings. The fraction of sp³-hybridized carbons (Fsp3) is 0. The number of halogens is 2. The van der Waals surface area contributed by atoms with E-state index in [0.717, 1.165) is 0 Å². The van der Waals surface area contributed by atoms with E-state index in [0.29, 0.717) is 15.7 Å². The Bertz CT molecular complexity index is 671. The molecule has 0 aliphatic heterocycles. The lowest BCUT2D eigenvalue weighted by Gasteiger charge is -2.09. The summed E-state index contributed by atoms with van der Waals surface area (Å²) in [5.41, 5.74) is 0.333. The number of hydrogen-bond donors (Lipinski definition) is 1. The summed E-state index contributed by atoms with van der Waals surface area (Å²) in [4.78, 5) is 0.0925. The highest BCUT2D eigenvalue weighted by Crippen LogP contribution is 2.24. The maximum Gasteiger partial charge on any atom is 0.261 e. The van der Waals surface area contributed by atoms with Crippen molar-refractivity contribution in [2.75, 3.05) is 4.72 Å². The Morgan fingerprint density at radius 3 is 2.33 bits per heavy atom. The van der Waals surface area contributed by atoms with Crippen LogP contribution in [0.1, 0.15) is 0 Å². The van der Waals surface area contributed by atoms with Crippen molar-refractivity contribution >= 4 is 38.9 Å². The zero-order chi connectivity index (χ0) is 13.2. The van der Waals surface area contributed by atoms with Crippen LogP contribution in [0.5, 0.6) is 0 Å². The van der Waals surface area contributed by atoms with Crippen LogP contribution in [0.15, 0.2) is 53.4 Å². The van der Waals surface area contributed by atoms with Crippen LogP contribution in [-0.2, 0) is 10.0 Å². The van der Waals surface area contributed by atoms with E-state index in [1.807, 2.05) is 0 Å². The molecule has 0 aliphatic carbocycles. The highest BCUT2D eigenvalue weighted by molar-refractivity contribution is 7.92. The molecule has 2 aromatic rings. The molecule has 0 heterocycles. The third-order valence-electron chi connectivity index (χ3n) is 2.22. The second-order valence-corrected chi connectivity index (χ2v) is 6.07. The van der Waals surface area contributed by atoms with E-state index in [-0.39, 0.29) is 4.90 Å². The SMILES string of the molecule is O=S(=O)(Nc1ccccc1Cl)c1cccc(Cl)c1. The van der Waals surface area contributed by atoms with Gasteiger partial charge in [-0.15, -0.1) is 0 Å². The fourth-order valence-electron chi connectivity index (χ4n) is 1.38. The molecule has 0 saturated heterocycles. The van der Waals surface area contributed by atoms with Gasteiger partial charge in [0.2, 0.25) is 0 Å². The van der Waals surface area contributed by atoms with E-state index < -0.39 is 10.0 Å². The number of nitrogens with one attached hydrogen (secondary N) is 1. The highest BCUT2D eigenvalue weighted by Gasteiger charge is 2.15. The highest BCUT2D eigenvalue weighted by atomic mass is 35.5. The Morgan fingerprint density at radius 1 is 0.944 bits per heavy atom. The van der Waals surface area contributed by atoms with Gasteiger partial charge in [0, 0.05) is 5.02 Å². The lowest BCUT2D eigenvalue weighted by Crippen LogP contribution is -2.13. The van der Waals surface area contributed by atoms with Crippen LogP contribution in [0.2, 0.25) is 10.0 Å². The monoisotopic (exact) mass is 301 g/mol. The first-order valence-electron chi connectivity index (χ1n) is 5.02. The summed E-state index contributed by atoms with van der Waals surface area (Å²) < 4.78 is 26.6. The summed E-state index contributed by atoms with van der Waals surface area (Å²) in [6.45, 7) is 0. The molecule has 2 rings (SSSR count). The zero-order valence-corrected chi connectivity index (χ0v) is 11.4. The Balaban J connectivity index is 2.37. The van der Waals surface area contributed by atoms with E-state index in [1.165, 1.54) is 12.1 Å². The molecule has 3 nitrogen and oxygen atoms in total. The Labute approximate surface area is 115 Å². The minimum absolute atomic E-state index is 0.0925. The summed E-state index contributed by atoms with van der Waals surface area (Å²) >= 11 is 11.7. The molecule has 0 radical (unpaired) electrons. The van der Waals surface area contributed by atoms with Gasteiger partial charge in [0.15, 0.2) is 0 Å². The lowest BCUT2D eigenvalue weighted by atomic mass is 10.3. The van der Waals surface area contributed by atoms with Gasteiger partial charge in [0.05, 0.1) is 15.6 Å². The van der Waals surface area contributed by atoms with Crippen molar-refractivity contribution in [1.29, 1.82) is 0 Å². The molecule has 6 heteroatoms. The largest absolute Gasteiger partial charge is 0.278 e. The maximum absolute atomic E-state index is 12.1. The smallest absolute Gasteiger partial charge is 0.261 e. The molecule has 0 atom stereocenters. The standard InChI is InChI=1S/C12H9Cl2NO2S/c13-9-4-3-5-10(8-9)18(16,17)15-12-7-2-1-6-11(12)14/h1-8,15H. The third kappa shape index (κ3) is 2.96. The van der Waals surface area contributed by atoms with Crippen LogP contribution >= 0.6 is 23.2 Å². The molecule has 0 bridgehead atoms. The average molecular weight is 302 g/mol. The molecule has 18 heavy (non-hydrogen) atoms. The van der Waals surface area contributed by atoms with Gasteiger partial charge in [-0.3, -0.25) is 4.72 Å². The fourth-order valence-corrected chi connectivity index (χ4v) is 3.00. The topological polar surface area (TPSA) is 46.2 Å². The number of benzene rings is 2. The summed E-state index contributed by atoms with van der Waals surface area (Å²) in [5.74, 6) is 0. The van der Waals surface area contributed by atoms with Crippen molar-refractivity contribution < 1.29 is 8.42 Å². The Kier molecular flexibility index (Phi) is 3.80. The van der Waals surface area contributed by atoms with Gasteiger partial charge in [-0.05, 0) is 30.3 Å². The van der Waals surface area contributed by atoms with Crippen molar-refractivity contribution in [2.24, 2.45) is 0 Å². The number of sulfonamides is 1. The molecular formula is C12H9Cl2NO2S. The van der Waals surface area contributed by atoms with E-state index in [4.69, 9.17) is 23.2 Å². The summed E-state index contributed by atoms with van der Waals surface area (Å²) in [5, 5.41) is 0.695.